The molecule has 1 aliphatic rings. The Kier molecular flexibility index (Phi) is 5.29. The first-order chi connectivity index (χ1) is 14.1. The minimum atomic E-state index is -0.212. The Morgan fingerprint density at radius 3 is 2.90 bits per heavy atom. The molecule has 2 aromatic carbocycles. The van der Waals surface area contributed by atoms with E-state index in [1.165, 1.54) is 0 Å². The van der Waals surface area contributed by atoms with E-state index in [4.69, 9.17) is 9.15 Å². The van der Waals surface area contributed by atoms with Crippen molar-refractivity contribution in [1.82, 2.24) is 10.3 Å². The minimum Gasteiger partial charge on any atom is -0.482 e. The van der Waals surface area contributed by atoms with Crippen LogP contribution in [0.15, 0.2) is 59.1 Å². The van der Waals surface area contributed by atoms with Gasteiger partial charge in [-0.05, 0) is 24.6 Å². The Morgan fingerprint density at radius 1 is 1.24 bits per heavy atom. The second-order valence-electron chi connectivity index (χ2n) is 6.87. The van der Waals surface area contributed by atoms with Crippen LogP contribution >= 0.6 is 0 Å². The fourth-order valence-corrected chi connectivity index (χ4v) is 3.15. The van der Waals surface area contributed by atoms with Gasteiger partial charge in [-0.25, -0.2) is 4.98 Å². The molecule has 2 heterocycles. The quantitative estimate of drug-likeness (QED) is 0.671. The predicted octanol–water partition coefficient (Wildman–Crippen LogP) is 3.48. The first-order valence-corrected chi connectivity index (χ1v) is 9.44. The lowest BCUT2D eigenvalue weighted by atomic mass is 10.1. The highest BCUT2D eigenvalue weighted by Gasteiger charge is 2.18. The van der Waals surface area contributed by atoms with E-state index in [1.54, 1.807) is 12.3 Å². The third-order valence-corrected chi connectivity index (χ3v) is 4.69. The molecule has 7 heteroatoms. The lowest BCUT2D eigenvalue weighted by Crippen LogP contribution is -2.28. The van der Waals surface area contributed by atoms with E-state index in [9.17, 15) is 9.59 Å². The maximum absolute atomic E-state index is 12.3. The number of carbonyl (C=O) groups excluding carboxylic acids is 2. The average molecular weight is 391 g/mol. The zero-order valence-corrected chi connectivity index (χ0v) is 16.0. The molecule has 0 saturated carbocycles. The van der Waals surface area contributed by atoms with Crippen molar-refractivity contribution < 1.29 is 18.7 Å². The van der Waals surface area contributed by atoms with E-state index < -0.39 is 0 Å². The Labute approximate surface area is 168 Å². The van der Waals surface area contributed by atoms with E-state index >= 15 is 0 Å². The summed E-state index contributed by atoms with van der Waals surface area (Å²) in [6, 6.07) is 15.0. The van der Waals surface area contributed by atoms with Crippen LogP contribution in [0, 0.1) is 0 Å². The zero-order valence-electron chi connectivity index (χ0n) is 16.0. The number of anilines is 1. The summed E-state index contributed by atoms with van der Waals surface area (Å²) in [5.41, 5.74) is 2.45. The SMILES string of the molecule is CC(NC(=O)CCc1ncc(-c2ccccc2)o1)c1ccc2c(c1)NC(=O)CO2. The van der Waals surface area contributed by atoms with Gasteiger partial charge in [-0.15, -0.1) is 0 Å². The molecule has 0 saturated heterocycles. The molecule has 1 atom stereocenters. The molecule has 1 aromatic heterocycles. The van der Waals surface area contributed by atoms with Crippen LogP contribution in [-0.2, 0) is 16.0 Å². The number of hydrogen-bond donors (Lipinski definition) is 2. The molecule has 4 rings (SSSR count). The van der Waals surface area contributed by atoms with Crippen molar-refractivity contribution in [2.75, 3.05) is 11.9 Å². The van der Waals surface area contributed by atoms with Crippen LogP contribution in [0.5, 0.6) is 5.75 Å². The highest BCUT2D eigenvalue weighted by molar-refractivity contribution is 5.95. The molecule has 3 aromatic rings. The number of oxazole rings is 1. The summed E-state index contributed by atoms with van der Waals surface area (Å²) in [5.74, 6) is 1.56. The van der Waals surface area contributed by atoms with Crippen molar-refractivity contribution in [2.45, 2.75) is 25.8 Å². The van der Waals surface area contributed by atoms with Gasteiger partial charge in [-0.1, -0.05) is 36.4 Å². The molecule has 2 N–H and O–H groups in total. The van der Waals surface area contributed by atoms with Crippen LogP contribution in [0.4, 0.5) is 5.69 Å². The third kappa shape index (κ3) is 4.45. The number of rotatable bonds is 6. The topological polar surface area (TPSA) is 93.5 Å². The van der Waals surface area contributed by atoms with Gasteiger partial charge in [-0.2, -0.15) is 0 Å². The fraction of sp³-hybridized carbons (Fsp3) is 0.227. The molecule has 0 fully saturated rings. The second kappa shape index (κ2) is 8.18. The molecule has 148 valence electrons. The van der Waals surface area contributed by atoms with Crippen molar-refractivity contribution in [3.8, 4) is 17.1 Å². The van der Waals surface area contributed by atoms with E-state index in [2.05, 4.69) is 15.6 Å². The summed E-state index contributed by atoms with van der Waals surface area (Å²) in [5, 5.41) is 5.73. The van der Waals surface area contributed by atoms with Crippen molar-refractivity contribution in [3.63, 3.8) is 0 Å². The average Bonchev–Trinajstić information content (AvgIpc) is 3.21. The zero-order chi connectivity index (χ0) is 20.2. The number of hydrogen-bond acceptors (Lipinski definition) is 5. The van der Waals surface area contributed by atoms with Gasteiger partial charge in [0.15, 0.2) is 18.3 Å². The van der Waals surface area contributed by atoms with E-state index in [0.717, 1.165) is 11.1 Å². The highest BCUT2D eigenvalue weighted by atomic mass is 16.5. The van der Waals surface area contributed by atoms with Crippen molar-refractivity contribution in [3.05, 3.63) is 66.2 Å². The molecule has 29 heavy (non-hydrogen) atoms. The van der Waals surface area contributed by atoms with Crippen LogP contribution in [0.25, 0.3) is 11.3 Å². The smallest absolute Gasteiger partial charge is 0.262 e. The summed E-state index contributed by atoms with van der Waals surface area (Å²) in [7, 11) is 0. The number of ether oxygens (including phenoxy) is 1. The lowest BCUT2D eigenvalue weighted by molar-refractivity contribution is -0.122. The number of aryl methyl sites for hydroxylation is 1. The van der Waals surface area contributed by atoms with Crippen LogP contribution < -0.4 is 15.4 Å². The van der Waals surface area contributed by atoms with Crippen molar-refractivity contribution >= 4 is 17.5 Å². The van der Waals surface area contributed by atoms with Gasteiger partial charge in [0.2, 0.25) is 5.91 Å². The molecule has 7 nitrogen and oxygen atoms in total. The van der Waals surface area contributed by atoms with Crippen LogP contribution in [0.1, 0.15) is 30.8 Å². The fourth-order valence-electron chi connectivity index (χ4n) is 3.15. The molecule has 1 aliphatic heterocycles. The molecule has 2 amide bonds. The third-order valence-electron chi connectivity index (χ3n) is 4.69. The Bertz CT molecular complexity index is 1030. The molecular formula is C22H21N3O4. The van der Waals surface area contributed by atoms with Crippen LogP contribution in [-0.4, -0.2) is 23.4 Å². The molecule has 0 spiro atoms. The van der Waals surface area contributed by atoms with Crippen molar-refractivity contribution in [1.29, 1.82) is 0 Å². The van der Waals surface area contributed by atoms with Crippen molar-refractivity contribution in [2.24, 2.45) is 0 Å². The first kappa shape index (κ1) is 18.7. The lowest BCUT2D eigenvalue weighted by Gasteiger charge is -2.21. The molecule has 0 aliphatic carbocycles. The van der Waals surface area contributed by atoms with Gasteiger partial charge < -0.3 is 19.8 Å². The van der Waals surface area contributed by atoms with Crippen LogP contribution in [0.3, 0.4) is 0 Å². The molecule has 0 bridgehead atoms. The maximum atomic E-state index is 12.3. The minimum absolute atomic E-state index is 0.0193. The summed E-state index contributed by atoms with van der Waals surface area (Å²) < 4.78 is 11.1. The van der Waals surface area contributed by atoms with Gasteiger partial charge in [0.05, 0.1) is 17.9 Å². The highest BCUT2D eigenvalue weighted by Crippen LogP contribution is 2.30. The Hall–Kier alpha value is -3.61. The van der Waals surface area contributed by atoms with Gasteiger partial charge >= 0.3 is 0 Å². The Balaban J connectivity index is 1.32. The van der Waals surface area contributed by atoms with Gasteiger partial charge in [0, 0.05) is 18.4 Å². The summed E-state index contributed by atoms with van der Waals surface area (Å²) in [6.07, 6.45) is 2.36. The number of benzene rings is 2. The van der Waals surface area contributed by atoms with E-state index in [0.29, 0.717) is 29.5 Å². The number of carbonyl (C=O) groups is 2. The predicted molar refractivity (Wildman–Crippen MR) is 107 cm³/mol. The van der Waals surface area contributed by atoms with Gasteiger partial charge in [-0.3, -0.25) is 9.59 Å². The molecular weight excluding hydrogens is 370 g/mol. The number of nitrogens with one attached hydrogen (secondary N) is 2. The summed E-state index contributed by atoms with van der Waals surface area (Å²) in [6.45, 7) is 1.91. The van der Waals surface area contributed by atoms with E-state index in [1.807, 2.05) is 49.4 Å². The van der Waals surface area contributed by atoms with Gasteiger partial charge in [0.1, 0.15) is 5.75 Å². The summed E-state index contributed by atoms with van der Waals surface area (Å²) >= 11 is 0. The Morgan fingerprint density at radius 2 is 2.07 bits per heavy atom. The van der Waals surface area contributed by atoms with Gasteiger partial charge in [0.25, 0.3) is 5.91 Å². The maximum Gasteiger partial charge on any atom is 0.262 e. The standard InChI is InChI=1S/C22H21N3O4/c1-14(16-7-8-18-17(11-16)25-21(27)13-28-18)24-20(26)9-10-22-23-12-19(29-22)15-5-3-2-4-6-15/h2-8,11-12,14H,9-10,13H2,1H3,(H,24,26)(H,25,27). The van der Waals surface area contributed by atoms with E-state index in [-0.39, 0.29) is 30.9 Å². The number of aromatic nitrogens is 1. The normalized spacial score (nSPS) is 13.8. The number of amides is 2. The second-order valence-corrected chi connectivity index (χ2v) is 6.87. The summed E-state index contributed by atoms with van der Waals surface area (Å²) in [4.78, 5) is 28.1. The monoisotopic (exact) mass is 391 g/mol. The van der Waals surface area contributed by atoms with Crippen LogP contribution in [0.2, 0.25) is 0 Å². The number of nitrogens with zero attached hydrogens (tertiary/aromatic N) is 1. The number of fused-ring (bicyclic) bond motifs is 1. The largest absolute Gasteiger partial charge is 0.482 e. The molecule has 1 unspecified atom stereocenters. The first-order valence-electron chi connectivity index (χ1n) is 9.44. The molecule has 0 radical (unpaired) electrons.